The van der Waals surface area contributed by atoms with Crippen molar-refractivity contribution in [3.63, 3.8) is 0 Å². The number of unbranched alkanes of at least 4 members (excludes halogenated alkanes) is 3. The summed E-state index contributed by atoms with van der Waals surface area (Å²) in [6, 6.07) is 0.421. The third-order valence-corrected chi connectivity index (χ3v) is 4.26. The zero-order valence-corrected chi connectivity index (χ0v) is 12.1. The van der Waals surface area contributed by atoms with Gasteiger partial charge in [0.05, 0.1) is 4.83 Å². The zero-order chi connectivity index (χ0) is 12.0. The number of halogens is 1. The highest BCUT2D eigenvalue weighted by Crippen LogP contribution is 2.22. The van der Waals surface area contributed by atoms with Gasteiger partial charge in [0.15, 0.2) is 0 Å². The molecular weight excluding hydrogens is 266 g/mol. The Balaban J connectivity index is 2.29. The summed E-state index contributed by atoms with van der Waals surface area (Å²) in [5.74, 6) is 0.300. The lowest BCUT2D eigenvalue weighted by molar-refractivity contribution is -0.134. The van der Waals surface area contributed by atoms with Gasteiger partial charge in [-0.05, 0) is 26.2 Å². The minimum Gasteiger partial charge on any atom is -0.339 e. The molecule has 2 atom stereocenters. The van der Waals surface area contributed by atoms with E-state index in [1.807, 2.05) is 0 Å². The van der Waals surface area contributed by atoms with Crippen LogP contribution >= 0.6 is 15.9 Å². The van der Waals surface area contributed by atoms with Crippen molar-refractivity contribution >= 4 is 21.8 Å². The molecule has 0 aromatic heterocycles. The number of alkyl halides is 1. The Kier molecular flexibility index (Phi) is 6.40. The first kappa shape index (κ1) is 14.0. The maximum atomic E-state index is 11.9. The van der Waals surface area contributed by atoms with Crippen molar-refractivity contribution in [3.05, 3.63) is 0 Å². The van der Waals surface area contributed by atoms with Crippen molar-refractivity contribution < 1.29 is 4.79 Å². The molecule has 0 aliphatic carbocycles. The van der Waals surface area contributed by atoms with Crippen LogP contribution in [0.2, 0.25) is 0 Å². The Hall–Kier alpha value is -0.0500. The van der Waals surface area contributed by atoms with Crippen molar-refractivity contribution in [1.29, 1.82) is 0 Å². The van der Waals surface area contributed by atoms with Crippen molar-refractivity contribution in [2.24, 2.45) is 0 Å². The average molecular weight is 290 g/mol. The fourth-order valence-corrected chi connectivity index (χ4v) is 2.90. The highest BCUT2D eigenvalue weighted by molar-refractivity contribution is 9.10. The molecule has 1 rings (SSSR count). The van der Waals surface area contributed by atoms with Gasteiger partial charge in [-0.25, -0.2) is 0 Å². The fourth-order valence-electron chi connectivity index (χ4n) is 2.31. The third-order valence-electron chi connectivity index (χ3n) is 3.42. The second kappa shape index (κ2) is 7.31. The number of amides is 1. The minimum absolute atomic E-state index is 0.0688. The quantitative estimate of drug-likeness (QED) is 0.539. The van der Waals surface area contributed by atoms with Gasteiger partial charge in [0.25, 0.3) is 0 Å². The van der Waals surface area contributed by atoms with Gasteiger partial charge in [-0.15, -0.1) is 0 Å². The Morgan fingerprint density at radius 3 is 2.88 bits per heavy atom. The van der Waals surface area contributed by atoms with E-state index in [1.165, 1.54) is 25.7 Å². The summed E-state index contributed by atoms with van der Waals surface area (Å²) in [5.41, 5.74) is 0. The maximum Gasteiger partial charge on any atom is 0.236 e. The molecule has 0 aromatic carbocycles. The highest BCUT2D eigenvalue weighted by atomic mass is 79.9. The van der Waals surface area contributed by atoms with Gasteiger partial charge in [-0.3, -0.25) is 4.79 Å². The molecule has 0 radical (unpaired) electrons. The predicted octanol–water partition coefficient (Wildman–Crippen LogP) is 3.73. The summed E-state index contributed by atoms with van der Waals surface area (Å²) in [6.07, 6.45) is 8.46. The van der Waals surface area contributed by atoms with E-state index < -0.39 is 0 Å². The monoisotopic (exact) mass is 289 g/mol. The van der Waals surface area contributed by atoms with Crippen LogP contribution < -0.4 is 0 Å². The molecule has 1 saturated heterocycles. The molecule has 94 valence electrons. The number of carbonyl (C=O) groups is 1. The SMILES string of the molecule is CCCCCCC(C)N1CCCC(Br)C1=O. The van der Waals surface area contributed by atoms with E-state index in [1.54, 1.807) is 0 Å². The van der Waals surface area contributed by atoms with Gasteiger partial charge in [0.1, 0.15) is 0 Å². The van der Waals surface area contributed by atoms with Crippen LogP contribution in [-0.2, 0) is 4.79 Å². The summed E-state index contributed by atoms with van der Waals surface area (Å²) in [6.45, 7) is 5.37. The summed E-state index contributed by atoms with van der Waals surface area (Å²) in [5, 5.41) is 0. The minimum atomic E-state index is 0.0688. The average Bonchev–Trinajstić information content (AvgIpc) is 2.28. The second-order valence-electron chi connectivity index (χ2n) is 4.84. The summed E-state index contributed by atoms with van der Waals surface area (Å²) in [4.78, 5) is 14.1. The van der Waals surface area contributed by atoms with Crippen LogP contribution in [0.3, 0.4) is 0 Å². The molecule has 0 aromatic rings. The summed E-state index contributed by atoms with van der Waals surface area (Å²) >= 11 is 3.46. The largest absolute Gasteiger partial charge is 0.339 e. The number of hydrogen-bond acceptors (Lipinski definition) is 1. The normalized spacial score (nSPS) is 23.6. The number of piperidine rings is 1. The van der Waals surface area contributed by atoms with Crippen LogP contribution in [0.5, 0.6) is 0 Å². The maximum absolute atomic E-state index is 11.9. The van der Waals surface area contributed by atoms with Crippen molar-refractivity contribution in [3.8, 4) is 0 Å². The molecule has 3 heteroatoms. The number of hydrogen-bond donors (Lipinski definition) is 0. The first-order valence-electron chi connectivity index (χ1n) is 6.61. The van der Waals surface area contributed by atoms with Crippen LogP contribution in [0.15, 0.2) is 0 Å². The van der Waals surface area contributed by atoms with Crippen LogP contribution in [0.1, 0.15) is 58.8 Å². The summed E-state index contributed by atoms with van der Waals surface area (Å²) < 4.78 is 0. The van der Waals surface area contributed by atoms with Crippen LogP contribution in [0, 0.1) is 0 Å². The van der Waals surface area contributed by atoms with Gasteiger partial charge >= 0.3 is 0 Å². The van der Waals surface area contributed by atoms with Crippen molar-refractivity contribution in [2.75, 3.05) is 6.54 Å². The van der Waals surface area contributed by atoms with E-state index in [0.717, 1.165) is 25.8 Å². The van der Waals surface area contributed by atoms with E-state index in [-0.39, 0.29) is 4.83 Å². The van der Waals surface area contributed by atoms with Gasteiger partial charge in [-0.1, -0.05) is 48.5 Å². The smallest absolute Gasteiger partial charge is 0.236 e. The first-order chi connectivity index (χ1) is 7.66. The molecule has 16 heavy (non-hydrogen) atoms. The Labute approximate surface area is 108 Å². The highest BCUT2D eigenvalue weighted by Gasteiger charge is 2.29. The number of likely N-dealkylation sites (tertiary alicyclic amines) is 1. The van der Waals surface area contributed by atoms with Crippen LogP contribution in [0.25, 0.3) is 0 Å². The molecule has 1 aliphatic rings. The lowest BCUT2D eigenvalue weighted by Gasteiger charge is -2.34. The number of rotatable bonds is 6. The van der Waals surface area contributed by atoms with Gasteiger partial charge in [0, 0.05) is 12.6 Å². The standard InChI is InChI=1S/C13H24BrNO/c1-3-4-5-6-8-11(2)15-10-7-9-12(14)13(15)16/h11-12H,3-10H2,1-2H3. The molecular formula is C13H24BrNO. The molecule has 0 saturated carbocycles. The molecule has 2 nitrogen and oxygen atoms in total. The molecule has 0 bridgehead atoms. The van der Waals surface area contributed by atoms with Gasteiger partial charge in [0.2, 0.25) is 5.91 Å². The van der Waals surface area contributed by atoms with E-state index in [9.17, 15) is 4.79 Å². The van der Waals surface area contributed by atoms with Crippen LogP contribution in [-0.4, -0.2) is 28.2 Å². The van der Waals surface area contributed by atoms with Gasteiger partial charge < -0.3 is 4.90 Å². The fraction of sp³-hybridized carbons (Fsp3) is 0.923. The number of carbonyl (C=O) groups excluding carboxylic acids is 1. The molecule has 1 amide bonds. The molecule has 2 unspecified atom stereocenters. The topological polar surface area (TPSA) is 20.3 Å². The van der Waals surface area contributed by atoms with E-state index >= 15 is 0 Å². The lowest BCUT2D eigenvalue weighted by atomic mass is 10.0. The Morgan fingerprint density at radius 1 is 1.44 bits per heavy atom. The van der Waals surface area contributed by atoms with E-state index in [2.05, 4.69) is 34.7 Å². The van der Waals surface area contributed by atoms with Gasteiger partial charge in [-0.2, -0.15) is 0 Å². The third kappa shape index (κ3) is 4.08. The predicted molar refractivity (Wildman–Crippen MR) is 71.9 cm³/mol. The van der Waals surface area contributed by atoms with Crippen LogP contribution in [0.4, 0.5) is 0 Å². The van der Waals surface area contributed by atoms with E-state index in [4.69, 9.17) is 0 Å². The van der Waals surface area contributed by atoms with Crippen molar-refractivity contribution in [2.45, 2.75) is 69.7 Å². The molecule has 1 fully saturated rings. The zero-order valence-electron chi connectivity index (χ0n) is 10.5. The Bertz CT molecular complexity index is 220. The molecule has 0 spiro atoms. The van der Waals surface area contributed by atoms with E-state index in [0.29, 0.717) is 11.9 Å². The lowest BCUT2D eigenvalue weighted by Crippen LogP contribution is -2.46. The second-order valence-corrected chi connectivity index (χ2v) is 5.95. The first-order valence-corrected chi connectivity index (χ1v) is 7.53. The summed E-state index contributed by atoms with van der Waals surface area (Å²) in [7, 11) is 0. The molecule has 0 N–H and O–H groups in total. The molecule has 1 heterocycles. The Morgan fingerprint density at radius 2 is 2.19 bits per heavy atom. The number of nitrogens with zero attached hydrogens (tertiary/aromatic N) is 1. The molecule has 1 aliphatic heterocycles. The van der Waals surface area contributed by atoms with Crippen molar-refractivity contribution in [1.82, 2.24) is 4.90 Å².